The molecule has 12 nitrogen and oxygen atoms in total. The summed E-state index contributed by atoms with van der Waals surface area (Å²) in [4.78, 5) is 26.5. The number of hydrogen-bond donors (Lipinski definition) is 8. The average molecular weight is 903 g/mol. The molecule has 4 aromatic rings. The average Bonchev–Trinajstić information content (AvgIpc) is 3.36. The number of ketones is 2. The number of aliphatic hydroxyl groups is 4. The maximum absolute atomic E-state index is 14.5. The van der Waals surface area contributed by atoms with Crippen LogP contribution < -0.4 is 15.4 Å². The quantitative estimate of drug-likeness (QED) is 0.0637. The fraction of sp³-hybridized carbons (Fsp3) is 0.510. The highest BCUT2D eigenvalue weighted by molar-refractivity contribution is 8.76. The second kappa shape index (κ2) is 21.9. The number of Topliss-reactive ketones (excluding diaryl/α,β-unsaturated/α-hetero) is 2. The van der Waals surface area contributed by atoms with Crippen molar-refractivity contribution in [2.45, 2.75) is 120 Å². The van der Waals surface area contributed by atoms with Crippen LogP contribution in [-0.4, -0.2) is 93.1 Å². The van der Waals surface area contributed by atoms with Gasteiger partial charge in [0, 0.05) is 59.9 Å². The number of anilines is 1. The van der Waals surface area contributed by atoms with Gasteiger partial charge in [-0.2, -0.15) is 0 Å². The first kappa shape index (κ1) is 47.1. The van der Waals surface area contributed by atoms with E-state index >= 15 is 0 Å². The van der Waals surface area contributed by atoms with Crippen LogP contribution in [0.15, 0.2) is 54.6 Å². The molecule has 0 saturated carbocycles. The van der Waals surface area contributed by atoms with E-state index in [9.17, 15) is 40.2 Å². The van der Waals surface area contributed by atoms with Gasteiger partial charge < -0.3 is 45.4 Å². The van der Waals surface area contributed by atoms with Gasteiger partial charge in [0.1, 0.15) is 23.5 Å². The lowest BCUT2D eigenvalue weighted by molar-refractivity contribution is -0.128. The van der Waals surface area contributed by atoms with Gasteiger partial charge in [0.2, 0.25) is 0 Å². The Kier molecular flexibility index (Phi) is 16.4. The summed E-state index contributed by atoms with van der Waals surface area (Å²) >= 11 is 0. The Labute approximate surface area is 377 Å². The third-order valence-corrected chi connectivity index (χ3v) is 15.9. The second-order valence-electron chi connectivity index (χ2n) is 17.3. The summed E-state index contributed by atoms with van der Waals surface area (Å²) in [6, 6.07) is 16.7. The molecule has 7 rings (SSSR count). The number of carbonyl (C=O) groups excluding carboxylic acids is 2. The molecule has 4 aromatic carbocycles. The van der Waals surface area contributed by atoms with E-state index in [1.165, 1.54) is 14.0 Å². The molecule has 1 aliphatic carbocycles. The summed E-state index contributed by atoms with van der Waals surface area (Å²) in [6.07, 6.45) is 3.42. The fourth-order valence-electron chi connectivity index (χ4n) is 9.85. The molecule has 14 heteroatoms. The number of aryl methyl sites for hydroxylation is 1. The second-order valence-corrected chi connectivity index (χ2v) is 20.0. The van der Waals surface area contributed by atoms with E-state index in [1.54, 1.807) is 39.8 Å². The van der Waals surface area contributed by atoms with E-state index in [1.807, 2.05) is 36.4 Å². The Morgan fingerprint density at radius 3 is 2.52 bits per heavy atom. The normalized spacial score (nSPS) is 24.5. The molecule has 340 valence electrons. The number of aliphatic hydroxyl groups excluding tert-OH is 4. The first-order chi connectivity index (χ1) is 30.5. The van der Waals surface area contributed by atoms with Gasteiger partial charge in [-0.25, -0.2) is 0 Å². The number of hydrogen-bond acceptors (Lipinski definition) is 14. The minimum Gasteiger partial charge on any atom is -0.508 e. The number of benzene rings is 4. The van der Waals surface area contributed by atoms with Crippen LogP contribution in [-0.2, 0) is 27.4 Å². The lowest BCUT2D eigenvalue weighted by Gasteiger charge is -2.38. The van der Waals surface area contributed by atoms with Gasteiger partial charge in [-0.1, -0.05) is 45.9 Å². The van der Waals surface area contributed by atoms with Gasteiger partial charge in [-0.05, 0) is 145 Å². The van der Waals surface area contributed by atoms with E-state index in [0.717, 1.165) is 51.4 Å². The molecule has 2 aliphatic heterocycles. The lowest BCUT2D eigenvalue weighted by atomic mass is 9.82. The standard InChI is InChI=1S/C49H62N2O10S2/c1-28(55)25-50-42-24-39-30(17-19-53)5-11-34(4-3-18-52)51-49(41(39)21-33(42)26-54)61-44-23-36(57)13-7-31-9-15-43(59)48(60-2)46(31)38-14-8-29-6-12-35(56)22-40(29)47(38)45-16-10-32(44)20-37(58)27-62-63-45/h6,8-9,12,14-15,21-22,24,30,32,34,37,44-45,49-54,56,58-59H,3-5,7,10-11,13,16-20,23,25-27H2,1-2H3. The molecular weight excluding hydrogens is 841 g/mol. The summed E-state index contributed by atoms with van der Waals surface area (Å²) in [5, 5.41) is 73.3. The largest absolute Gasteiger partial charge is 0.508 e. The Morgan fingerprint density at radius 2 is 1.76 bits per heavy atom. The van der Waals surface area contributed by atoms with Crippen LogP contribution in [0.5, 0.6) is 17.2 Å². The number of fused-ring (bicyclic) bond motifs is 10. The molecule has 1 fully saturated rings. The van der Waals surface area contributed by atoms with E-state index < -0.39 is 18.4 Å². The number of aromatic hydroxyl groups is 2. The van der Waals surface area contributed by atoms with Crippen LogP contribution in [0, 0.1) is 5.92 Å². The molecule has 8 N–H and O–H groups in total. The summed E-state index contributed by atoms with van der Waals surface area (Å²) < 4.78 is 13.2. The molecular formula is C49H62N2O10S2. The molecule has 2 bridgehead atoms. The highest BCUT2D eigenvalue weighted by Crippen LogP contribution is 2.53. The van der Waals surface area contributed by atoms with Crippen molar-refractivity contribution in [2.24, 2.45) is 5.92 Å². The maximum Gasteiger partial charge on any atom is 0.168 e. The monoisotopic (exact) mass is 902 g/mol. The van der Waals surface area contributed by atoms with Crippen molar-refractivity contribution in [1.29, 1.82) is 0 Å². The number of carbonyl (C=O) groups is 2. The van der Waals surface area contributed by atoms with Crippen LogP contribution in [0.25, 0.3) is 21.9 Å². The highest BCUT2D eigenvalue weighted by Gasteiger charge is 2.37. The molecule has 0 spiro atoms. The van der Waals surface area contributed by atoms with E-state index in [0.29, 0.717) is 73.3 Å². The van der Waals surface area contributed by atoms with Crippen molar-refractivity contribution < 1.29 is 49.7 Å². The summed E-state index contributed by atoms with van der Waals surface area (Å²) in [5.41, 5.74) is 6.29. The topological polar surface area (TPSA) is 198 Å². The van der Waals surface area contributed by atoms with Gasteiger partial charge in [0.25, 0.3) is 0 Å². The van der Waals surface area contributed by atoms with Crippen molar-refractivity contribution in [3.8, 4) is 28.4 Å². The predicted octanol–water partition coefficient (Wildman–Crippen LogP) is 7.98. The van der Waals surface area contributed by atoms with Crippen molar-refractivity contribution in [3.63, 3.8) is 0 Å². The molecule has 1 saturated heterocycles. The minimum atomic E-state index is -0.754. The molecule has 63 heavy (non-hydrogen) atoms. The summed E-state index contributed by atoms with van der Waals surface area (Å²) in [6.45, 7) is 1.28. The lowest BCUT2D eigenvalue weighted by Crippen LogP contribution is -2.41. The first-order valence-electron chi connectivity index (χ1n) is 22.3. The third kappa shape index (κ3) is 11.2. The van der Waals surface area contributed by atoms with Crippen LogP contribution in [0.1, 0.15) is 116 Å². The molecule has 7 atom stereocenters. The van der Waals surface area contributed by atoms with E-state index in [2.05, 4.69) is 10.6 Å². The zero-order chi connectivity index (χ0) is 44.6. The van der Waals surface area contributed by atoms with Crippen molar-refractivity contribution in [2.75, 3.05) is 37.9 Å². The zero-order valence-electron chi connectivity index (χ0n) is 36.2. The third-order valence-electron chi connectivity index (χ3n) is 13.0. The van der Waals surface area contributed by atoms with Gasteiger partial charge >= 0.3 is 0 Å². The SMILES string of the molecule is COc1c(O)ccc2c1-c1ccc3ccc(O)cc3c1C1CCC(CC(O)CSS1)C(OC1NC(CCCO)CCC(CCO)c3cc(NCC(C)=O)c(CO)cc31)CC(=O)CC2. The number of nitrogens with one attached hydrogen (secondary N) is 2. The molecule has 3 aliphatic rings. The zero-order valence-corrected chi connectivity index (χ0v) is 37.8. The molecule has 2 heterocycles. The van der Waals surface area contributed by atoms with Crippen LogP contribution in [0.4, 0.5) is 5.69 Å². The maximum atomic E-state index is 14.5. The number of methoxy groups -OCH3 is 1. The van der Waals surface area contributed by atoms with E-state index in [-0.39, 0.29) is 85.4 Å². The number of phenolic OH excluding ortho intramolecular Hbond substituents is 2. The fourth-order valence-corrected chi connectivity index (χ4v) is 12.7. The van der Waals surface area contributed by atoms with Crippen molar-refractivity contribution in [1.82, 2.24) is 5.32 Å². The number of phenols is 2. The van der Waals surface area contributed by atoms with Gasteiger partial charge in [0.05, 0.1) is 32.5 Å². The van der Waals surface area contributed by atoms with Crippen LogP contribution >= 0.6 is 21.6 Å². The Hall–Kier alpha value is -3.86. The predicted molar refractivity (Wildman–Crippen MR) is 249 cm³/mol. The van der Waals surface area contributed by atoms with Crippen LogP contribution in [0.3, 0.4) is 0 Å². The minimum absolute atomic E-state index is 0.0152. The van der Waals surface area contributed by atoms with Gasteiger partial charge in [0.15, 0.2) is 11.5 Å². The van der Waals surface area contributed by atoms with Crippen molar-refractivity contribution in [3.05, 3.63) is 82.4 Å². The Morgan fingerprint density at radius 1 is 0.937 bits per heavy atom. The first-order valence-corrected chi connectivity index (χ1v) is 24.7. The molecule has 7 unspecified atom stereocenters. The van der Waals surface area contributed by atoms with Crippen molar-refractivity contribution >= 4 is 49.6 Å². The highest BCUT2D eigenvalue weighted by atomic mass is 33.1. The molecule has 0 aromatic heterocycles. The van der Waals surface area contributed by atoms with Gasteiger partial charge in [-0.15, -0.1) is 0 Å². The Bertz CT molecular complexity index is 2240. The van der Waals surface area contributed by atoms with Crippen LogP contribution in [0.2, 0.25) is 0 Å². The molecule has 0 radical (unpaired) electrons. The molecule has 0 amide bonds. The number of ether oxygens (including phenoxy) is 2. The summed E-state index contributed by atoms with van der Waals surface area (Å²) in [5.74, 6) is 0.472. The van der Waals surface area contributed by atoms with Gasteiger partial charge in [-0.3, -0.25) is 14.9 Å². The smallest absolute Gasteiger partial charge is 0.168 e. The summed E-state index contributed by atoms with van der Waals surface area (Å²) in [7, 11) is 4.81. The van der Waals surface area contributed by atoms with E-state index in [4.69, 9.17) is 9.47 Å². The Balaban J connectivity index is 1.37. The number of rotatable bonds is 12.